The van der Waals surface area contributed by atoms with Crippen LogP contribution in [0.2, 0.25) is 0 Å². The predicted molar refractivity (Wildman–Crippen MR) is 38.3 cm³/mol. The van der Waals surface area contributed by atoms with E-state index in [0.29, 0.717) is 19.9 Å². The molecule has 2 fully saturated rings. The molecule has 0 aromatic heterocycles. The standard InChI is InChI=1S/C7H11NO4/c9-3-7(10)8-1-5-6(2-8)12-4-11-5/h5-6,9H,1-4H2/t5-,6+. The van der Waals surface area contributed by atoms with Gasteiger partial charge in [0.05, 0.1) is 0 Å². The number of likely N-dealkylation sites (tertiary alicyclic amines) is 1. The Kier molecular flexibility index (Phi) is 2.00. The van der Waals surface area contributed by atoms with Crippen molar-refractivity contribution < 1.29 is 19.4 Å². The lowest BCUT2D eigenvalue weighted by Crippen LogP contribution is -2.32. The van der Waals surface area contributed by atoms with Gasteiger partial charge in [-0.05, 0) is 0 Å². The number of amides is 1. The molecule has 2 atom stereocenters. The highest BCUT2D eigenvalue weighted by Gasteiger charge is 2.39. The maximum atomic E-state index is 11.0. The minimum absolute atomic E-state index is 0.0144. The first kappa shape index (κ1) is 7.97. The Morgan fingerprint density at radius 2 is 2.00 bits per heavy atom. The highest BCUT2D eigenvalue weighted by molar-refractivity contribution is 5.77. The van der Waals surface area contributed by atoms with E-state index in [1.54, 1.807) is 4.90 Å². The zero-order valence-corrected chi connectivity index (χ0v) is 6.60. The van der Waals surface area contributed by atoms with Gasteiger partial charge in [-0.15, -0.1) is 0 Å². The molecule has 0 radical (unpaired) electrons. The molecule has 2 aliphatic rings. The van der Waals surface area contributed by atoms with Gasteiger partial charge in [-0.3, -0.25) is 4.79 Å². The van der Waals surface area contributed by atoms with Gasteiger partial charge in [0, 0.05) is 13.1 Å². The predicted octanol–water partition coefficient (Wildman–Crippen LogP) is -1.44. The monoisotopic (exact) mass is 173 g/mol. The number of hydrogen-bond donors (Lipinski definition) is 1. The lowest BCUT2D eigenvalue weighted by atomic mass is 10.3. The number of carbonyl (C=O) groups excluding carboxylic acids is 1. The lowest BCUT2D eigenvalue weighted by molar-refractivity contribution is -0.134. The zero-order chi connectivity index (χ0) is 8.55. The summed E-state index contributed by atoms with van der Waals surface area (Å²) in [6, 6.07) is 0. The minimum atomic E-state index is -0.431. The van der Waals surface area contributed by atoms with Crippen molar-refractivity contribution in [1.29, 1.82) is 0 Å². The first-order valence-corrected chi connectivity index (χ1v) is 3.93. The molecule has 0 bridgehead atoms. The molecule has 2 rings (SSSR count). The molecule has 0 unspecified atom stereocenters. The van der Waals surface area contributed by atoms with Crippen molar-refractivity contribution in [3.8, 4) is 0 Å². The second kappa shape index (κ2) is 3.01. The van der Waals surface area contributed by atoms with Crippen LogP contribution in [0.1, 0.15) is 0 Å². The summed E-state index contributed by atoms with van der Waals surface area (Å²) in [4.78, 5) is 12.6. The molecule has 0 spiro atoms. The average molecular weight is 173 g/mol. The Labute approximate surface area is 69.9 Å². The molecule has 2 saturated heterocycles. The number of aliphatic hydroxyl groups is 1. The van der Waals surface area contributed by atoms with Gasteiger partial charge in [0.2, 0.25) is 5.91 Å². The van der Waals surface area contributed by atoms with Crippen LogP contribution in [0, 0.1) is 0 Å². The Morgan fingerprint density at radius 3 is 2.50 bits per heavy atom. The highest BCUT2D eigenvalue weighted by atomic mass is 16.7. The fourth-order valence-corrected chi connectivity index (χ4v) is 1.58. The summed E-state index contributed by atoms with van der Waals surface area (Å²) >= 11 is 0. The quantitative estimate of drug-likeness (QED) is 0.527. The van der Waals surface area contributed by atoms with Crippen LogP contribution in [-0.4, -0.2) is 54.6 Å². The van der Waals surface area contributed by atoms with E-state index < -0.39 is 6.61 Å². The molecule has 0 aromatic rings. The topological polar surface area (TPSA) is 59.0 Å². The van der Waals surface area contributed by atoms with Crippen LogP contribution < -0.4 is 0 Å². The minimum Gasteiger partial charge on any atom is -0.387 e. The van der Waals surface area contributed by atoms with Crippen LogP contribution in [-0.2, 0) is 14.3 Å². The first-order chi connectivity index (χ1) is 5.81. The number of nitrogens with zero attached hydrogens (tertiary/aromatic N) is 1. The van der Waals surface area contributed by atoms with Gasteiger partial charge in [-0.1, -0.05) is 0 Å². The van der Waals surface area contributed by atoms with E-state index in [4.69, 9.17) is 14.6 Å². The summed E-state index contributed by atoms with van der Waals surface area (Å²) in [6.45, 7) is 0.990. The number of rotatable bonds is 1. The molecule has 0 saturated carbocycles. The Hall–Kier alpha value is -0.650. The van der Waals surface area contributed by atoms with E-state index in [1.165, 1.54) is 0 Å². The van der Waals surface area contributed by atoms with Crippen molar-refractivity contribution in [3.05, 3.63) is 0 Å². The largest absolute Gasteiger partial charge is 0.387 e. The van der Waals surface area contributed by atoms with Gasteiger partial charge < -0.3 is 19.5 Å². The third-order valence-electron chi connectivity index (χ3n) is 2.27. The van der Waals surface area contributed by atoms with Gasteiger partial charge in [0.15, 0.2) is 0 Å². The van der Waals surface area contributed by atoms with Crippen molar-refractivity contribution >= 4 is 5.91 Å². The number of fused-ring (bicyclic) bond motifs is 1. The molecule has 1 N–H and O–H groups in total. The van der Waals surface area contributed by atoms with Gasteiger partial charge in [-0.2, -0.15) is 0 Å². The molecule has 5 heteroatoms. The van der Waals surface area contributed by atoms with Crippen LogP contribution in [0.25, 0.3) is 0 Å². The van der Waals surface area contributed by atoms with Crippen molar-refractivity contribution in [3.63, 3.8) is 0 Å². The smallest absolute Gasteiger partial charge is 0.248 e. The summed E-state index contributed by atoms with van der Waals surface area (Å²) in [5.41, 5.74) is 0. The fraction of sp³-hybridized carbons (Fsp3) is 0.857. The maximum Gasteiger partial charge on any atom is 0.248 e. The van der Waals surface area contributed by atoms with E-state index in [-0.39, 0.29) is 18.1 Å². The highest BCUT2D eigenvalue weighted by Crippen LogP contribution is 2.21. The molecular weight excluding hydrogens is 162 g/mol. The molecule has 2 aliphatic heterocycles. The molecule has 2 heterocycles. The average Bonchev–Trinajstić information content (AvgIpc) is 2.60. The second-order valence-electron chi connectivity index (χ2n) is 2.98. The van der Waals surface area contributed by atoms with E-state index in [1.807, 2.05) is 0 Å². The van der Waals surface area contributed by atoms with E-state index >= 15 is 0 Å². The Morgan fingerprint density at radius 1 is 1.42 bits per heavy atom. The van der Waals surface area contributed by atoms with Crippen LogP contribution in [0.4, 0.5) is 0 Å². The van der Waals surface area contributed by atoms with E-state index in [0.717, 1.165) is 0 Å². The summed E-state index contributed by atoms with van der Waals surface area (Å²) < 4.78 is 10.4. The fourth-order valence-electron chi connectivity index (χ4n) is 1.58. The third kappa shape index (κ3) is 1.20. The Balaban J connectivity index is 1.94. The SMILES string of the molecule is O=C(CO)N1C[C@@H]2OCO[C@@H]2C1. The van der Waals surface area contributed by atoms with Gasteiger partial charge in [-0.25, -0.2) is 0 Å². The Bertz CT molecular complexity index is 184. The lowest BCUT2D eigenvalue weighted by Gasteiger charge is -2.14. The molecule has 68 valence electrons. The van der Waals surface area contributed by atoms with Gasteiger partial charge in [0.25, 0.3) is 0 Å². The normalized spacial score (nSPS) is 33.9. The van der Waals surface area contributed by atoms with Crippen LogP contribution in [0.3, 0.4) is 0 Å². The zero-order valence-electron chi connectivity index (χ0n) is 6.60. The van der Waals surface area contributed by atoms with Crippen LogP contribution >= 0.6 is 0 Å². The first-order valence-electron chi connectivity index (χ1n) is 3.93. The van der Waals surface area contributed by atoms with Crippen molar-refractivity contribution in [2.75, 3.05) is 26.5 Å². The van der Waals surface area contributed by atoms with E-state index in [9.17, 15) is 4.79 Å². The molecular formula is C7H11NO4. The van der Waals surface area contributed by atoms with E-state index in [2.05, 4.69) is 0 Å². The summed E-state index contributed by atoms with van der Waals surface area (Å²) in [7, 11) is 0. The van der Waals surface area contributed by atoms with Crippen LogP contribution in [0.15, 0.2) is 0 Å². The van der Waals surface area contributed by atoms with Gasteiger partial charge in [0.1, 0.15) is 25.6 Å². The third-order valence-corrected chi connectivity index (χ3v) is 2.27. The summed E-state index contributed by atoms with van der Waals surface area (Å²) in [6.07, 6.45) is 0.0287. The number of carbonyl (C=O) groups is 1. The summed E-state index contributed by atoms with van der Waals surface area (Å²) in [5.74, 6) is -0.253. The molecule has 0 aliphatic carbocycles. The van der Waals surface area contributed by atoms with Crippen LogP contribution in [0.5, 0.6) is 0 Å². The summed E-state index contributed by atoms with van der Waals surface area (Å²) in [5, 5.41) is 8.59. The van der Waals surface area contributed by atoms with Gasteiger partial charge >= 0.3 is 0 Å². The molecule has 0 aromatic carbocycles. The second-order valence-corrected chi connectivity index (χ2v) is 2.98. The maximum absolute atomic E-state index is 11.0. The molecule has 1 amide bonds. The van der Waals surface area contributed by atoms with Crippen molar-refractivity contribution in [2.45, 2.75) is 12.2 Å². The molecule has 5 nitrogen and oxygen atoms in total. The number of aliphatic hydroxyl groups excluding tert-OH is 1. The number of hydrogen-bond acceptors (Lipinski definition) is 4. The number of ether oxygens (including phenoxy) is 2. The molecule has 12 heavy (non-hydrogen) atoms. The van der Waals surface area contributed by atoms with Crippen molar-refractivity contribution in [1.82, 2.24) is 4.90 Å². The van der Waals surface area contributed by atoms with Crippen molar-refractivity contribution in [2.24, 2.45) is 0 Å².